The van der Waals surface area contributed by atoms with Gasteiger partial charge in [0, 0.05) is 0 Å². The molecule has 3 heteroatoms. The summed E-state index contributed by atoms with van der Waals surface area (Å²) in [7, 11) is 0. The summed E-state index contributed by atoms with van der Waals surface area (Å²) in [6.07, 6.45) is 0.869. The summed E-state index contributed by atoms with van der Waals surface area (Å²) in [5.41, 5.74) is 5.41. The Morgan fingerprint density at radius 3 is 2.18 bits per heavy atom. The van der Waals surface area contributed by atoms with Gasteiger partial charge in [-0.3, -0.25) is 4.79 Å². The number of rotatable bonds is 4. The lowest BCUT2D eigenvalue weighted by atomic mass is 9.93. The predicted octanol–water partition coefficient (Wildman–Crippen LogP) is 1.08. The summed E-state index contributed by atoms with van der Waals surface area (Å²) in [5, 5.41) is 8.54. The van der Waals surface area contributed by atoms with E-state index in [2.05, 4.69) is 13.8 Å². The van der Waals surface area contributed by atoms with Gasteiger partial charge in [0.05, 0.1) is 0 Å². The highest BCUT2D eigenvalue weighted by Crippen LogP contribution is 2.13. The highest BCUT2D eigenvalue weighted by molar-refractivity contribution is 5.73. The minimum atomic E-state index is -0.904. The Hall–Kier alpha value is -0.570. The van der Waals surface area contributed by atoms with E-state index in [4.69, 9.17) is 10.8 Å². The van der Waals surface area contributed by atoms with Gasteiger partial charge in [-0.25, -0.2) is 0 Å². The Morgan fingerprint density at radius 2 is 1.91 bits per heavy atom. The number of carboxylic acid groups (broad SMARTS) is 1. The topological polar surface area (TPSA) is 63.3 Å². The van der Waals surface area contributed by atoms with Crippen molar-refractivity contribution in [3.05, 3.63) is 0 Å². The Kier molecular flexibility index (Phi) is 4.11. The summed E-state index contributed by atoms with van der Waals surface area (Å²) < 4.78 is 0. The lowest BCUT2D eigenvalue weighted by Crippen LogP contribution is -2.37. The largest absolute Gasteiger partial charge is 0.480 e. The third kappa shape index (κ3) is 3.98. The van der Waals surface area contributed by atoms with Gasteiger partial charge in [-0.1, -0.05) is 20.8 Å². The maximum Gasteiger partial charge on any atom is 0.320 e. The summed E-state index contributed by atoms with van der Waals surface area (Å²) in [6.45, 7) is 5.99. The highest BCUT2D eigenvalue weighted by Gasteiger charge is 2.20. The van der Waals surface area contributed by atoms with E-state index in [1.54, 1.807) is 0 Å². The van der Waals surface area contributed by atoms with Gasteiger partial charge in [-0.2, -0.15) is 0 Å². The number of carboxylic acids is 1. The normalized spacial score (nSPS) is 16.5. The molecule has 3 nitrogen and oxygen atoms in total. The van der Waals surface area contributed by atoms with Crippen LogP contribution in [0.15, 0.2) is 0 Å². The average Bonchev–Trinajstić information content (AvgIpc) is 1.84. The van der Waals surface area contributed by atoms with Crippen LogP contribution >= 0.6 is 0 Å². The van der Waals surface area contributed by atoms with E-state index in [0.717, 1.165) is 6.42 Å². The molecule has 0 bridgehead atoms. The maximum absolute atomic E-state index is 10.4. The first-order chi connectivity index (χ1) is 4.95. The Morgan fingerprint density at radius 1 is 1.45 bits per heavy atom. The van der Waals surface area contributed by atoms with E-state index < -0.39 is 12.0 Å². The van der Waals surface area contributed by atoms with Crippen LogP contribution in [0.1, 0.15) is 27.2 Å². The minimum Gasteiger partial charge on any atom is -0.480 e. The number of nitrogens with two attached hydrogens (primary N) is 1. The summed E-state index contributed by atoms with van der Waals surface area (Å²) in [4.78, 5) is 10.4. The van der Waals surface area contributed by atoms with Gasteiger partial charge >= 0.3 is 5.97 Å². The van der Waals surface area contributed by atoms with Crippen molar-refractivity contribution < 1.29 is 9.90 Å². The van der Waals surface area contributed by atoms with Gasteiger partial charge in [0.1, 0.15) is 6.04 Å². The second-order valence-electron chi connectivity index (χ2n) is 3.47. The monoisotopic (exact) mass is 159 g/mol. The molecule has 0 aliphatic rings. The van der Waals surface area contributed by atoms with Crippen molar-refractivity contribution in [2.24, 2.45) is 17.6 Å². The molecule has 0 aliphatic heterocycles. The number of carbonyl (C=O) groups is 1. The average molecular weight is 159 g/mol. The number of hydrogen-bond acceptors (Lipinski definition) is 2. The second kappa shape index (κ2) is 4.34. The van der Waals surface area contributed by atoms with Crippen LogP contribution in [0.3, 0.4) is 0 Å². The van der Waals surface area contributed by atoms with Crippen LogP contribution in [0, 0.1) is 11.8 Å². The first-order valence-electron chi connectivity index (χ1n) is 3.93. The molecule has 0 amide bonds. The molecule has 0 heterocycles. The van der Waals surface area contributed by atoms with Gasteiger partial charge in [0.25, 0.3) is 0 Å². The van der Waals surface area contributed by atoms with E-state index in [0.29, 0.717) is 5.92 Å². The van der Waals surface area contributed by atoms with Crippen molar-refractivity contribution in [3.63, 3.8) is 0 Å². The van der Waals surface area contributed by atoms with E-state index in [-0.39, 0.29) is 5.92 Å². The first kappa shape index (κ1) is 10.4. The fourth-order valence-electron chi connectivity index (χ4n) is 1.13. The van der Waals surface area contributed by atoms with Crippen LogP contribution in [-0.2, 0) is 4.79 Å². The van der Waals surface area contributed by atoms with Gasteiger partial charge in [-0.05, 0) is 18.3 Å². The smallest absolute Gasteiger partial charge is 0.320 e. The molecule has 2 atom stereocenters. The lowest BCUT2D eigenvalue weighted by Gasteiger charge is -2.17. The first-order valence-corrected chi connectivity index (χ1v) is 3.93. The standard InChI is InChI=1S/C8H17NO2/c1-5(2)4-6(3)7(9)8(10)11/h5-7H,4,9H2,1-3H3,(H,10,11)/t6-,7-/m0/s1. The van der Waals surface area contributed by atoms with E-state index in [9.17, 15) is 4.79 Å². The molecule has 0 spiro atoms. The van der Waals surface area contributed by atoms with Crippen molar-refractivity contribution in [2.45, 2.75) is 33.2 Å². The van der Waals surface area contributed by atoms with Gasteiger partial charge < -0.3 is 10.8 Å². The molecule has 3 N–H and O–H groups in total. The molecule has 0 rings (SSSR count). The molecule has 0 saturated carbocycles. The zero-order chi connectivity index (χ0) is 9.02. The highest BCUT2D eigenvalue weighted by atomic mass is 16.4. The molecule has 11 heavy (non-hydrogen) atoms. The Labute approximate surface area is 67.6 Å². The molecule has 0 aromatic carbocycles. The van der Waals surface area contributed by atoms with Crippen molar-refractivity contribution in [1.82, 2.24) is 0 Å². The van der Waals surface area contributed by atoms with Crippen molar-refractivity contribution in [2.75, 3.05) is 0 Å². The third-order valence-electron chi connectivity index (χ3n) is 1.74. The maximum atomic E-state index is 10.4. The zero-order valence-electron chi connectivity index (χ0n) is 7.37. The number of hydrogen-bond donors (Lipinski definition) is 2. The van der Waals surface area contributed by atoms with Gasteiger partial charge in [0.2, 0.25) is 0 Å². The predicted molar refractivity (Wildman–Crippen MR) is 44.2 cm³/mol. The molecule has 0 aromatic heterocycles. The van der Waals surface area contributed by atoms with Crippen LogP contribution in [0.4, 0.5) is 0 Å². The van der Waals surface area contributed by atoms with Crippen molar-refractivity contribution >= 4 is 5.97 Å². The third-order valence-corrected chi connectivity index (χ3v) is 1.74. The molecule has 0 aliphatic carbocycles. The fraction of sp³-hybridized carbons (Fsp3) is 0.875. The zero-order valence-corrected chi connectivity index (χ0v) is 7.37. The SMILES string of the molecule is CC(C)C[C@H](C)[C@H](N)C(=O)O. The quantitative estimate of drug-likeness (QED) is 0.645. The van der Waals surface area contributed by atoms with Crippen LogP contribution in [0.25, 0.3) is 0 Å². The summed E-state index contributed by atoms with van der Waals surface area (Å²) in [5.74, 6) is -0.332. The molecule has 0 radical (unpaired) electrons. The molecule has 0 aromatic rings. The lowest BCUT2D eigenvalue weighted by molar-refractivity contribution is -0.139. The van der Waals surface area contributed by atoms with Crippen molar-refractivity contribution in [1.29, 1.82) is 0 Å². The van der Waals surface area contributed by atoms with E-state index in [1.807, 2.05) is 6.92 Å². The molecule has 0 saturated heterocycles. The number of aliphatic carboxylic acids is 1. The van der Waals surface area contributed by atoms with Crippen molar-refractivity contribution in [3.8, 4) is 0 Å². The van der Waals surface area contributed by atoms with E-state index >= 15 is 0 Å². The van der Waals surface area contributed by atoms with E-state index in [1.165, 1.54) is 0 Å². The molecule has 66 valence electrons. The minimum absolute atomic E-state index is 0.0625. The van der Waals surface area contributed by atoms with Crippen LogP contribution < -0.4 is 5.73 Å². The van der Waals surface area contributed by atoms with Gasteiger partial charge in [-0.15, -0.1) is 0 Å². The molecular weight excluding hydrogens is 142 g/mol. The Balaban J connectivity index is 3.82. The van der Waals surface area contributed by atoms with Gasteiger partial charge in [0.15, 0.2) is 0 Å². The van der Waals surface area contributed by atoms with Crippen LogP contribution in [0.2, 0.25) is 0 Å². The summed E-state index contributed by atoms with van der Waals surface area (Å²) >= 11 is 0. The fourth-order valence-corrected chi connectivity index (χ4v) is 1.13. The Bertz CT molecular complexity index is 134. The van der Waals surface area contributed by atoms with Crippen LogP contribution in [-0.4, -0.2) is 17.1 Å². The molecule has 0 fully saturated rings. The second-order valence-corrected chi connectivity index (χ2v) is 3.47. The molecular formula is C8H17NO2. The molecule has 0 unspecified atom stereocenters. The van der Waals surface area contributed by atoms with Crippen LogP contribution in [0.5, 0.6) is 0 Å². The summed E-state index contributed by atoms with van der Waals surface area (Å²) in [6, 6.07) is -0.711.